The summed E-state index contributed by atoms with van der Waals surface area (Å²) in [6.45, 7) is 8.21. The predicted molar refractivity (Wildman–Crippen MR) is 144 cm³/mol. The summed E-state index contributed by atoms with van der Waals surface area (Å²) < 4.78 is 5.25. The fraction of sp³-hybridized carbons (Fsp3) is 0.310. The number of hydrogen-bond donors (Lipinski definition) is 2. The van der Waals surface area contributed by atoms with Crippen molar-refractivity contribution in [3.8, 4) is 11.1 Å². The summed E-state index contributed by atoms with van der Waals surface area (Å²) in [4.78, 5) is 42.6. The van der Waals surface area contributed by atoms with Crippen LogP contribution in [-0.4, -0.2) is 41.6 Å². The zero-order valence-corrected chi connectivity index (χ0v) is 21.8. The number of nitrogens with zero attached hydrogens (tertiary/aromatic N) is 2. The van der Waals surface area contributed by atoms with Gasteiger partial charge in [-0.05, 0) is 67.8 Å². The van der Waals surface area contributed by atoms with E-state index in [0.29, 0.717) is 25.1 Å². The van der Waals surface area contributed by atoms with Gasteiger partial charge in [0, 0.05) is 49.7 Å². The number of rotatable bonds is 9. The summed E-state index contributed by atoms with van der Waals surface area (Å²) in [5.74, 6) is -0.195. The molecule has 2 N–H and O–H groups in total. The van der Waals surface area contributed by atoms with Crippen molar-refractivity contribution in [2.24, 2.45) is 0 Å². The number of nitrogens with one attached hydrogen (secondary N) is 2. The molecule has 0 unspecified atom stereocenters. The van der Waals surface area contributed by atoms with E-state index < -0.39 is 11.7 Å². The van der Waals surface area contributed by atoms with Gasteiger partial charge in [-0.15, -0.1) is 0 Å². The highest BCUT2D eigenvalue weighted by molar-refractivity contribution is 5.95. The molecule has 0 saturated carbocycles. The van der Waals surface area contributed by atoms with Gasteiger partial charge in [0.15, 0.2) is 0 Å². The van der Waals surface area contributed by atoms with Crippen LogP contribution in [0.4, 0.5) is 10.5 Å². The molecule has 8 heteroatoms. The Morgan fingerprint density at radius 1 is 0.919 bits per heavy atom. The van der Waals surface area contributed by atoms with Crippen molar-refractivity contribution in [3.63, 3.8) is 0 Å². The van der Waals surface area contributed by atoms with Crippen LogP contribution < -0.4 is 15.5 Å². The van der Waals surface area contributed by atoms with Crippen LogP contribution in [0.5, 0.6) is 0 Å². The molecule has 8 nitrogen and oxygen atoms in total. The van der Waals surface area contributed by atoms with Crippen molar-refractivity contribution in [2.45, 2.75) is 46.3 Å². The molecule has 3 amide bonds. The molecule has 1 aromatic heterocycles. The highest BCUT2D eigenvalue weighted by Crippen LogP contribution is 2.24. The monoisotopic (exact) mass is 502 g/mol. The number of benzene rings is 2. The standard InChI is InChI=1S/C29H34N4O4/c1-5-26(34)33(18-17-31-28(36)37-29(2,3)4)25-14-12-23(13-15-25)22-8-10-24(11-9-22)27(35)32-20-21-7-6-16-30-19-21/h6-16,19H,5,17-18,20H2,1-4H3,(H,31,36)(H,32,35). The van der Waals surface area contributed by atoms with Crippen molar-refractivity contribution >= 4 is 23.6 Å². The van der Waals surface area contributed by atoms with Crippen LogP contribution in [0.3, 0.4) is 0 Å². The molecule has 0 radical (unpaired) electrons. The number of alkyl carbamates (subject to hydrolysis) is 1. The van der Waals surface area contributed by atoms with Crippen LogP contribution in [0, 0.1) is 0 Å². The molecule has 3 rings (SSSR count). The molecule has 0 aliphatic rings. The topological polar surface area (TPSA) is 101 Å². The van der Waals surface area contributed by atoms with Gasteiger partial charge in [0.2, 0.25) is 5.91 Å². The third-order valence-corrected chi connectivity index (χ3v) is 5.44. The second-order valence-corrected chi connectivity index (χ2v) is 9.50. The number of aromatic nitrogens is 1. The van der Waals surface area contributed by atoms with Gasteiger partial charge in [-0.25, -0.2) is 4.79 Å². The van der Waals surface area contributed by atoms with Crippen molar-refractivity contribution in [2.75, 3.05) is 18.0 Å². The molecule has 0 aliphatic carbocycles. The molecule has 37 heavy (non-hydrogen) atoms. The first kappa shape index (κ1) is 27.4. The van der Waals surface area contributed by atoms with Crippen molar-refractivity contribution in [1.29, 1.82) is 0 Å². The number of ether oxygens (including phenoxy) is 1. The average Bonchev–Trinajstić information content (AvgIpc) is 2.89. The minimum absolute atomic E-state index is 0.0413. The summed E-state index contributed by atoms with van der Waals surface area (Å²) in [6, 6.07) is 18.7. The van der Waals surface area contributed by atoms with Gasteiger partial charge < -0.3 is 20.3 Å². The fourth-order valence-electron chi connectivity index (χ4n) is 3.61. The van der Waals surface area contributed by atoms with Gasteiger partial charge in [-0.2, -0.15) is 0 Å². The largest absolute Gasteiger partial charge is 0.444 e. The molecule has 3 aromatic rings. The van der Waals surface area contributed by atoms with E-state index in [-0.39, 0.29) is 18.4 Å². The number of carbonyl (C=O) groups is 3. The Kier molecular flexibility index (Phi) is 9.38. The van der Waals surface area contributed by atoms with Crippen LogP contribution in [0.2, 0.25) is 0 Å². The van der Waals surface area contributed by atoms with Gasteiger partial charge in [0.1, 0.15) is 5.60 Å². The Morgan fingerprint density at radius 3 is 2.14 bits per heavy atom. The molecular weight excluding hydrogens is 468 g/mol. The van der Waals surface area contributed by atoms with Gasteiger partial charge in [-0.1, -0.05) is 37.3 Å². The van der Waals surface area contributed by atoms with Gasteiger partial charge in [0.05, 0.1) is 0 Å². The van der Waals surface area contributed by atoms with E-state index in [9.17, 15) is 14.4 Å². The highest BCUT2D eigenvalue weighted by Gasteiger charge is 2.18. The van der Waals surface area contributed by atoms with Gasteiger partial charge in [-0.3, -0.25) is 14.6 Å². The SMILES string of the molecule is CCC(=O)N(CCNC(=O)OC(C)(C)C)c1ccc(-c2ccc(C(=O)NCc3cccnc3)cc2)cc1. The maximum absolute atomic E-state index is 12.6. The average molecular weight is 503 g/mol. The van der Waals surface area contributed by atoms with Crippen LogP contribution >= 0.6 is 0 Å². The normalized spacial score (nSPS) is 10.9. The third-order valence-electron chi connectivity index (χ3n) is 5.44. The zero-order valence-electron chi connectivity index (χ0n) is 21.8. The summed E-state index contributed by atoms with van der Waals surface area (Å²) in [5, 5.41) is 5.59. The van der Waals surface area contributed by atoms with E-state index in [0.717, 1.165) is 22.4 Å². The van der Waals surface area contributed by atoms with Crippen molar-refractivity contribution in [3.05, 3.63) is 84.2 Å². The molecular formula is C29H34N4O4. The Morgan fingerprint density at radius 2 is 1.57 bits per heavy atom. The first-order valence-corrected chi connectivity index (χ1v) is 12.3. The number of hydrogen-bond acceptors (Lipinski definition) is 5. The van der Waals surface area contributed by atoms with E-state index in [1.165, 1.54) is 0 Å². The smallest absolute Gasteiger partial charge is 0.407 e. The minimum atomic E-state index is -0.583. The number of amides is 3. The minimum Gasteiger partial charge on any atom is -0.444 e. The van der Waals surface area contributed by atoms with E-state index in [4.69, 9.17) is 4.74 Å². The lowest BCUT2D eigenvalue weighted by molar-refractivity contribution is -0.118. The lowest BCUT2D eigenvalue weighted by Crippen LogP contribution is -2.40. The molecule has 0 atom stereocenters. The van der Waals surface area contributed by atoms with Crippen LogP contribution in [0.1, 0.15) is 50.0 Å². The van der Waals surface area contributed by atoms with E-state index in [2.05, 4.69) is 15.6 Å². The second-order valence-electron chi connectivity index (χ2n) is 9.50. The second kappa shape index (κ2) is 12.7. The summed E-state index contributed by atoms with van der Waals surface area (Å²) in [5.41, 5.74) is 3.58. The quantitative estimate of drug-likeness (QED) is 0.431. The molecule has 0 aliphatic heterocycles. The van der Waals surface area contributed by atoms with Crippen molar-refractivity contribution < 1.29 is 19.1 Å². The lowest BCUT2D eigenvalue weighted by atomic mass is 10.0. The van der Waals surface area contributed by atoms with Crippen LogP contribution in [-0.2, 0) is 16.1 Å². The maximum Gasteiger partial charge on any atom is 0.407 e. The summed E-state index contributed by atoms with van der Waals surface area (Å²) in [7, 11) is 0. The Hall–Kier alpha value is -4.20. The molecule has 0 saturated heterocycles. The Labute approximate surface area is 218 Å². The van der Waals surface area contributed by atoms with Crippen molar-refractivity contribution in [1.82, 2.24) is 15.6 Å². The number of pyridine rings is 1. The highest BCUT2D eigenvalue weighted by atomic mass is 16.6. The van der Waals surface area contributed by atoms with Crippen LogP contribution in [0.25, 0.3) is 11.1 Å². The predicted octanol–water partition coefficient (Wildman–Crippen LogP) is 4.95. The van der Waals surface area contributed by atoms with E-state index in [1.807, 2.05) is 48.5 Å². The molecule has 0 spiro atoms. The molecule has 0 fully saturated rings. The third kappa shape index (κ3) is 8.45. The van der Waals surface area contributed by atoms with Gasteiger partial charge in [0.25, 0.3) is 5.91 Å². The molecule has 0 bridgehead atoms. The zero-order chi connectivity index (χ0) is 26.8. The molecule has 1 heterocycles. The summed E-state index contributed by atoms with van der Waals surface area (Å²) >= 11 is 0. The molecule has 194 valence electrons. The number of anilines is 1. The Balaban J connectivity index is 1.61. The maximum atomic E-state index is 12.6. The first-order valence-electron chi connectivity index (χ1n) is 12.3. The van der Waals surface area contributed by atoms with E-state index in [1.54, 1.807) is 57.1 Å². The fourth-order valence-corrected chi connectivity index (χ4v) is 3.61. The lowest BCUT2D eigenvalue weighted by Gasteiger charge is -2.24. The Bertz CT molecular complexity index is 1190. The summed E-state index contributed by atoms with van der Waals surface area (Å²) in [6.07, 6.45) is 3.25. The van der Waals surface area contributed by atoms with Gasteiger partial charge >= 0.3 is 6.09 Å². The first-order chi connectivity index (χ1) is 17.7. The molecule has 2 aromatic carbocycles. The van der Waals surface area contributed by atoms with Crippen LogP contribution in [0.15, 0.2) is 73.1 Å². The van der Waals surface area contributed by atoms with E-state index >= 15 is 0 Å². The number of carbonyl (C=O) groups excluding carboxylic acids is 3.